The monoisotopic (exact) mass is 801 g/mol. The molecule has 13 nitrogen and oxygen atoms in total. The van der Waals surface area contributed by atoms with Gasteiger partial charge in [-0.15, -0.1) is 0 Å². The number of aliphatic hydroxyl groups excluding tert-OH is 5. The van der Waals surface area contributed by atoms with Gasteiger partial charge < -0.3 is 39.9 Å². The van der Waals surface area contributed by atoms with Crippen LogP contribution in [0, 0.1) is 0 Å². The van der Waals surface area contributed by atoms with Gasteiger partial charge in [0.05, 0.1) is 35.9 Å². The second-order valence-corrected chi connectivity index (χ2v) is 17.2. The lowest BCUT2D eigenvalue weighted by Gasteiger charge is -2.34. The molecule has 6 rings (SSSR count). The summed E-state index contributed by atoms with van der Waals surface area (Å²) in [5.41, 5.74) is 2.99. The summed E-state index contributed by atoms with van der Waals surface area (Å²) >= 11 is 6.61. The minimum absolute atomic E-state index is 0.00667. The van der Waals surface area contributed by atoms with Gasteiger partial charge in [-0.3, -0.25) is 9.78 Å². The van der Waals surface area contributed by atoms with Crippen molar-refractivity contribution in [2.24, 2.45) is 0 Å². The van der Waals surface area contributed by atoms with Crippen LogP contribution in [-0.2, 0) is 31.8 Å². The summed E-state index contributed by atoms with van der Waals surface area (Å²) in [6.45, 7) is 1.82. The number of carbonyl (C=O) groups excluding carboxylic acids is 1. The second-order valence-electron chi connectivity index (χ2n) is 14.8. The summed E-state index contributed by atoms with van der Waals surface area (Å²) in [5.74, 6) is 0.744. The van der Waals surface area contributed by atoms with Crippen LogP contribution in [0.3, 0.4) is 0 Å². The number of halogens is 1. The Balaban J connectivity index is 0.977. The number of Topliss-reactive ketones (excluding diaryl/α,β-unsaturated/α-hetero) is 1. The van der Waals surface area contributed by atoms with Gasteiger partial charge in [0, 0.05) is 67.6 Å². The Kier molecular flexibility index (Phi) is 14.0. The van der Waals surface area contributed by atoms with Crippen LogP contribution in [0.2, 0.25) is 5.02 Å². The normalized spacial score (nSPS) is 19.7. The molecule has 1 saturated heterocycles. The van der Waals surface area contributed by atoms with Gasteiger partial charge in [0.1, 0.15) is 29.8 Å². The number of hydrogen-bond donors (Lipinski definition) is 5. The van der Waals surface area contributed by atoms with E-state index in [9.17, 15) is 33.6 Å². The van der Waals surface area contributed by atoms with E-state index in [1.54, 1.807) is 18.3 Å². The van der Waals surface area contributed by atoms with Gasteiger partial charge in [0.25, 0.3) is 0 Å². The van der Waals surface area contributed by atoms with Gasteiger partial charge in [-0.25, -0.2) is 8.42 Å². The average molecular weight is 802 g/mol. The SMILES string of the molecule is O=C(CCCCN1CCN(S(=O)(=O)c2ccc(Cl)c(COC3(c4cnccc4-c4ccccc4OC4CC4)CC3)c2)CC1)CC[C@H](O)[C@@H](O)[C@H](O)[C@H](O)CO. The van der Waals surface area contributed by atoms with Gasteiger partial charge in [-0.2, -0.15) is 4.31 Å². The van der Waals surface area contributed by atoms with Crippen molar-refractivity contribution in [3.05, 3.63) is 77.1 Å². The number of sulfonamides is 1. The van der Waals surface area contributed by atoms with Gasteiger partial charge in [0.2, 0.25) is 10.0 Å². The molecule has 2 saturated carbocycles. The molecule has 0 spiro atoms. The van der Waals surface area contributed by atoms with Crippen molar-refractivity contribution in [1.29, 1.82) is 0 Å². The van der Waals surface area contributed by atoms with E-state index in [-0.39, 0.29) is 42.7 Å². The molecule has 2 heterocycles. The number of carbonyl (C=O) groups is 1. The molecule has 3 fully saturated rings. The standard InChI is InChI=1S/C40H52ClN3O10S/c41-34-12-11-30(23-27(34)26-53-40(15-16-40)33-24-42-17-14-31(33)32-6-1-2-7-37(32)54-29-9-10-29)55(51,52)44-21-19-43(20-22-44)18-4-3-5-28(46)8-13-35(47)38(49)39(50)36(48)25-45/h1-2,6-7,11-12,14,17,23-24,29,35-36,38-39,45,47-50H,3-5,8-10,13,15-16,18-22,25-26H2/t35-,36+,38+,39+/m0/s1. The maximum Gasteiger partial charge on any atom is 0.243 e. The number of ether oxygens (including phenoxy) is 2. The predicted octanol–water partition coefficient (Wildman–Crippen LogP) is 3.41. The van der Waals surface area contributed by atoms with Gasteiger partial charge in [-0.1, -0.05) is 29.8 Å². The lowest BCUT2D eigenvalue weighted by molar-refractivity contribution is -0.125. The first-order valence-electron chi connectivity index (χ1n) is 19.1. The Morgan fingerprint density at radius 3 is 2.36 bits per heavy atom. The van der Waals surface area contributed by atoms with E-state index in [1.807, 2.05) is 30.5 Å². The zero-order valence-electron chi connectivity index (χ0n) is 30.9. The van der Waals surface area contributed by atoms with Crippen LogP contribution in [0.1, 0.15) is 68.9 Å². The lowest BCUT2D eigenvalue weighted by atomic mass is 9.96. The van der Waals surface area contributed by atoms with Gasteiger partial charge in [0.15, 0.2) is 0 Å². The van der Waals surface area contributed by atoms with E-state index in [1.165, 1.54) is 10.4 Å². The molecule has 1 aliphatic heterocycles. The first kappa shape index (κ1) is 41.6. The Hall–Kier alpha value is -3.02. The highest BCUT2D eigenvalue weighted by Crippen LogP contribution is 2.53. The Bertz CT molecular complexity index is 1870. The van der Waals surface area contributed by atoms with E-state index >= 15 is 0 Å². The number of aliphatic hydroxyl groups is 5. The molecule has 2 aliphatic carbocycles. The van der Waals surface area contributed by atoms with Crippen LogP contribution < -0.4 is 4.74 Å². The molecule has 0 radical (unpaired) electrons. The number of hydrogen-bond acceptors (Lipinski definition) is 12. The summed E-state index contributed by atoms with van der Waals surface area (Å²) < 4.78 is 41.8. The number of aromatic nitrogens is 1. The molecule has 1 aromatic heterocycles. The van der Waals surface area contributed by atoms with Crippen molar-refractivity contribution in [2.75, 3.05) is 39.3 Å². The maximum absolute atomic E-state index is 13.8. The van der Waals surface area contributed by atoms with Crippen LogP contribution in [-0.4, -0.2) is 124 Å². The average Bonchev–Trinajstić information content (AvgIpc) is 4.15. The summed E-state index contributed by atoms with van der Waals surface area (Å²) in [5, 5.41) is 48.5. The van der Waals surface area contributed by atoms with Gasteiger partial charge >= 0.3 is 0 Å². The van der Waals surface area contributed by atoms with Gasteiger partial charge in [-0.05, 0) is 92.9 Å². The van der Waals surface area contributed by atoms with Crippen molar-refractivity contribution in [1.82, 2.24) is 14.2 Å². The third kappa shape index (κ3) is 10.5. The molecule has 0 unspecified atom stereocenters. The van der Waals surface area contributed by atoms with Crippen molar-refractivity contribution in [3.8, 4) is 16.9 Å². The van der Waals surface area contributed by atoms with E-state index in [0.717, 1.165) is 54.5 Å². The fourth-order valence-electron chi connectivity index (χ4n) is 6.96. The van der Waals surface area contributed by atoms with Crippen molar-refractivity contribution in [3.63, 3.8) is 0 Å². The molecule has 15 heteroatoms. The summed E-state index contributed by atoms with van der Waals surface area (Å²) in [6.07, 6.45) is 2.75. The Morgan fingerprint density at radius 2 is 1.65 bits per heavy atom. The van der Waals surface area contributed by atoms with E-state index < -0.39 is 46.6 Å². The molecule has 0 amide bonds. The first-order valence-corrected chi connectivity index (χ1v) is 20.9. The van der Waals surface area contributed by atoms with E-state index in [2.05, 4.69) is 16.0 Å². The lowest BCUT2D eigenvalue weighted by Crippen LogP contribution is -2.48. The third-order valence-corrected chi connectivity index (χ3v) is 13.0. The molecule has 3 aliphatic rings. The molecule has 300 valence electrons. The fraction of sp³-hybridized carbons (Fsp3) is 0.550. The zero-order chi connectivity index (χ0) is 39.2. The number of nitrogens with zero attached hydrogens (tertiary/aromatic N) is 3. The van der Waals surface area contributed by atoms with Crippen molar-refractivity contribution < 1.29 is 48.2 Å². The number of para-hydroxylation sites is 1. The maximum atomic E-state index is 13.8. The minimum atomic E-state index is -3.79. The summed E-state index contributed by atoms with van der Waals surface area (Å²) in [6, 6.07) is 14.8. The molecule has 2 aromatic carbocycles. The highest BCUT2D eigenvalue weighted by Gasteiger charge is 2.48. The number of unbranched alkanes of at least 4 members (excludes halogenated alkanes) is 1. The topological polar surface area (TPSA) is 190 Å². The summed E-state index contributed by atoms with van der Waals surface area (Å²) in [4.78, 5) is 19.1. The van der Waals surface area contributed by atoms with Crippen LogP contribution in [0.15, 0.2) is 65.8 Å². The number of piperazine rings is 1. The minimum Gasteiger partial charge on any atom is -0.490 e. The quantitative estimate of drug-likeness (QED) is 0.0990. The van der Waals surface area contributed by atoms with E-state index in [4.69, 9.17) is 26.2 Å². The molecule has 4 atom stereocenters. The number of pyridine rings is 1. The second kappa shape index (κ2) is 18.5. The third-order valence-electron chi connectivity index (χ3n) is 10.7. The van der Waals surface area contributed by atoms with Crippen LogP contribution in [0.4, 0.5) is 0 Å². The molecule has 55 heavy (non-hydrogen) atoms. The van der Waals surface area contributed by atoms with Crippen LogP contribution in [0.5, 0.6) is 5.75 Å². The number of ketones is 1. The van der Waals surface area contributed by atoms with Crippen LogP contribution in [0.25, 0.3) is 11.1 Å². The number of benzene rings is 2. The largest absolute Gasteiger partial charge is 0.490 e. The van der Waals surface area contributed by atoms with Crippen LogP contribution >= 0.6 is 11.6 Å². The van der Waals surface area contributed by atoms with Crippen molar-refractivity contribution in [2.45, 2.75) is 105 Å². The molecular weight excluding hydrogens is 750 g/mol. The fourth-order valence-corrected chi connectivity index (χ4v) is 8.61. The Morgan fingerprint density at radius 1 is 0.927 bits per heavy atom. The van der Waals surface area contributed by atoms with E-state index in [0.29, 0.717) is 49.7 Å². The first-order chi connectivity index (χ1) is 26.4. The molecule has 5 N–H and O–H groups in total. The zero-order valence-corrected chi connectivity index (χ0v) is 32.5. The van der Waals surface area contributed by atoms with Crippen molar-refractivity contribution >= 4 is 27.4 Å². The highest BCUT2D eigenvalue weighted by molar-refractivity contribution is 7.89. The molecule has 0 bridgehead atoms. The molecular formula is C40H52ClN3O10S. The smallest absolute Gasteiger partial charge is 0.243 e. The highest BCUT2D eigenvalue weighted by atomic mass is 35.5. The summed E-state index contributed by atoms with van der Waals surface area (Å²) in [7, 11) is -3.79. The predicted molar refractivity (Wildman–Crippen MR) is 205 cm³/mol. The Labute approximate surface area is 327 Å². The number of rotatable bonds is 21. The molecule has 3 aromatic rings.